The maximum atomic E-state index is 12.2. The summed E-state index contributed by atoms with van der Waals surface area (Å²) in [6.07, 6.45) is 4.65. The highest BCUT2D eigenvalue weighted by Gasteiger charge is 2.21. The van der Waals surface area contributed by atoms with Crippen molar-refractivity contribution in [2.45, 2.75) is 51.6 Å². The van der Waals surface area contributed by atoms with E-state index in [9.17, 15) is 4.79 Å². The van der Waals surface area contributed by atoms with Gasteiger partial charge in [0, 0.05) is 6.04 Å². The van der Waals surface area contributed by atoms with Gasteiger partial charge in [0.25, 0.3) is 0 Å². The molecular formula is C16H24N2O2. The molecule has 0 bridgehead atoms. The SMILES string of the molecule is CCOc1ccccc1NC(C)C(=O)NC1CCCC1. The molecule has 1 amide bonds. The van der Waals surface area contributed by atoms with Crippen LogP contribution in [0.2, 0.25) is 0 Å². The van der Waals surface area contributed by atoms with Gasteiger partial charge in [0.05, 0.1) is 12.3 Å². The summed E-state index contributed by atoms with van der Waals surface area (Å²) in [6.45, 7) is 4.45. The van der Waals surface area contributed by atoms with Gasteiger partial charge < -0.3 is 15.4 Å². The normalized spacial score (nSPS) is 16.7. The predicted molar refractivity (Wildman–Crippen MR) is 81.1 cm³/mol. The Kier molecular flexibility index (Phi) is 5.27. The number of anilines is 1. The summed E-state index contributed by atoms with van der Waals surface area (Å²) < 4.78 is 5.56. The zero-order chi connectivity index (χ0) is 14.4. The number of nitrogens with one attached hydrogen (secondary N) is 2. The quantitative estimate of drug-likeness (QED) is 0.840. The van der Waals surface area contributed by atoms with Gasteiger partial charge in [-0.1, -0.05) is 25.0 Å². The average Bonchev–Trinajstić information content (AvgIpc) is 2.94. The fraction of sp³-hybridized carbons (Fsp3) is 0.562. The first-order chi connectivity index (χ1) is 9.70. The van der Waals surface area contributed by atoms with E-state index in [2.05, 4.69) is 10.6 Å². The monoisotopic (exact) mass is 276 g/mol. The van der Waals surface area contributed by atoms with E-state index in [0.29, 0.717) is 12.6 Å². The molecule has 0 aliphatic heterocycles. The molecule has 1 aromatic rings. The largest absolute Gasteiger partial charge is 0.492 e. The van der Waals surface area contributed by atoms with Crippen LogP contribution in [0.1, 0.15) is 39.5 Å². The van der Waals surface area contributed by atoms with Crippen LogP contribution in [0.5, 0.6) is 5.75 Å². The molecule has 2 N–H and O–H groups in total. The minimum atomic E-state index is -0.266. The number of amides is 1. The lowest BCUT2D eigenvalue weighted by Gasteiger charge is -2.20. The summed E-state index contributed by atoms with van der Waals surface area (Å²) in [6, 6.07) is 7.80. The number of rotatable bonds is 6. The van der Waals surface area contributed by atoms with Gasteiger partial charge in [0.2, 0.25) is 5.91 Å². The minimum absolute atomic E-state index is 0.0585. The fourth-order valence-corrected chi connectivity index (χ4v) is 2.56. The molecule has 0 saturated heterocycles. The molecule has 0 radical (unpaired) electrons. The minimum Gasteiger partial charge on any atom is -0.492 e. The van der Waals surface area contributed by atoms with E-state index in [-0.39, 0.29) is 11.9 Å². The first-order valence-electron chi connectivity index (χ1n) is 7.49. The third-order valence-corrected chi connectivity index (χ3v) is 3.65. The maximum absolute atomic E-state index is 12.2. The van der Waals surface area contributed by atoms with Crippen LogP contribution >= 0.6 is 0 Å². The lowest BCUT2D eigenvalue weighted by atomic mass is 10.2. The highest BCUT2D eigenvalue weighted by molar-refractivity contribution is 5.85. The predicted octanol–water partition coefficient (Wildman–Crippen LogP) is 2.94. The standard InChI is InChI=1S/C16H24N2O2/c1-3-20-15-11-7-6-10-14(15)17-12(2)16(19)18-13-8-4-5-9-13/h6-7,10-13,17H,3-5,8-9H2,1-2H3,(H,18,19). The number of para-hydroxylation sites is 2. The summed E-state index contributed by atoms with van der Waals surface area (Å²) in [7, 11) is 0. The Labute approximate surface area is 120 Å². The van der Waals surface area contributed by atoms with E-state index >= 15 is 0 Å². The Morgan fingerprint density at radius 3 is 2.75 bits per heavy atom. The summed E-state index contributed by atoms with van der Waals surface area (Å²) >= 11 is 0. The van der Waals surface area contributed by atoms with Crippen LogP contribution in [0, 0.1) is 0 Å². The van der Waals surface area contributed by atoms with Crippen LogP contribution in [0.15, 0.2) is 24.3 Å². The van der Waals surface area contributed by atoms with Crippen molar-refractivity contribution < 1.29 is 9.53 Å². The second-order valence-electron chi connectivity index (χ2n) is 5.29. The molecule has 1 aromatic carbocycles. The van der Waals surface area contributed by atoms with Crippen molar-refractivity contribution in [2.75, 3.05) is 11.9 Å². The van der Waals surface area contributed by atoms with E-state index in [1.807, 2.05) is 38.1 Å². The van der Waals surface area contributed by atoms with Crippen LogP contribution in [0.3, 0.4) is 0 Å². The van der Waals surface area contributed by atoms with Crippen LogP contribution in [-0.2, 0) is 4.79 Å². The van der Waals surface area contributed by atoms with Crippen molar-refractivity contribution in [3.63, 3.8) is 0 Å². The van der Waals surface area contributed by atoms with Crippen molar-refractivity contribution in [2.24, 2.45) is 0 Å². The molecule has 1 aliphatic carbocycles. The fourth-order valence-electron chi connectivity index (χ4n) is 2.56. The van der Waals surface area contributed by atoms with Gasteiger partial charge in [-0.3, -0.25) is 4.79 Å². The second kappa shape index (κ2) is 7.17. The second-order valence-corrected chi connectivity index (χ2v) is 5.29. The van der Waals surface area contributed by atoms with Crippen molar-refractivity contribution in [3.05, 3.63) is 24.3 Å². The molecule has 1 unspecified atom stereocenters. The van der Waals surface area contributed by atoms with E-state index in [4.69, 9.17) is 4.74 Å². The molecule has 4 heteroatoms. The lowest BCUT2D eigenvalue weighted by Crippen LogP contribution is -2.42. The van der Waals surface area contributed by atoms with E-state index in [1.54, 1.807) is 0 Å². The van der Waals surface area contributed by atoms with Gasteiger partial charge in [0.15, 0.2) is 0 Å². The summed E-state index contributed by atoms with van der Waals surface area (Å²) in [5.74, 6) is 0.846. The van der Waals surface area contributed by atoms with Gasteiger partial charge in [-0.2, -0.15) is 0 Å². The molecule has 0 heterocycles. The number of benzene rings is 1. The molecule has 2 rings (SSSR count). The van der Waals surface area contributed by atoms with Crippen LogP contribution in [-0.4, -0.2) is 24.6 Å². The Hall–Kier alpha value is -1.71. The van der Waals surface area contributed by atoms with Crippen LogP contribution < -0.4 is 15.4 Å². The molecule has 0 aromatic heterocycles. The third kappa shape index (κ3) is 3.89. The van der Waals surface area contributed by atoms with Gasteiger partial charge in [-0.15, -0.1) is 0 Å². The molecule has 20 heavy (non-hydrogen) atoms. The number of carbonyl (C=O) groups excluding carboxylic acids is 1. The molecule has 4 nitrogen and oxygen atoms in total. The van der Waals surface area contributed by atoms with Gasteiger partial charge in [-0.25, -0.2) is 0 Å². The molecule has 1 saturated carbocycles. The molecule has 110 valence electrons. The van der Waals surface area contributed by atoms with Crippen molar-refractivity contribution in [1.29, 1.82) is 0 Å². The Balaban J connectivity index is 1.92. The zero-order valence-electron chi connectivity index (χ0n) is 12.3. The van der Waals surface area contributed by atoms with Crippen LogP contribution in [0.4, 0.5) is 5.69 Å². The van der Waals surface area contributed by atoms with Gasteiger partial charge >= 0.3 is 0 Å². The number of hydrogen-bond acceptors (Lipinski definition) is 3. The smallest absolute Gasteiger partial charge is 0.242 e. The highest BCUT2D eigenvalue weighted by Crippen LogP contribution is 2.24. The highest BCUT2D eigenvalue weighted by atomic mass is 16.5. The van der Waals surface area contributed by atoms with E-state index < -0.39 is 0 Å². The zero-order valence-corrected chi connectivity index (χ0v) is 12.3. The van der Waals surface area contributed by atoms with Crippen molar-refractivity contribution in [1.82, 2.24) is 5.32 Å². The number of ether oxygens (including phenoxy) is 1. The molecular weight excluding hydrogens is 252 g/mol. The van der Waals surface area contributed by atoms with Crippen LogP contribution in [0.25, 0.3) is 0 Å². The van der Waals surface area contributed by atoms with E-state index in [1.165, 1.54) is 12.8 Å². The van der Waals surface area contributed by atoms with Gasteiger partial charge in [0.1, 0.15) is 11.8 Å². The Bertz CT molecular complexity index is 442. The number of carbonyl (C=O) groups is 1. The summed E-state index contributed by atoms with van der Waals surface area (Å²) in [5, 5.41) is 6.34. The number of hydrogen-bond donors (Lipinski definition) is 2. The van der Waals surface area contributed by atoms with E-state index in [0.717, 1.165) is 24.3 Å². The summed E-state index contributed by atoms with van der Waals surface area (Å²) in [5.41, 5.74) is 0.864. The Morgan fingerprint density at radius 1 is 1.35 bits per heavy atom. The van der Waals surface area contributed by atoms with Crippen molar-refractivity contribution >= 4 is 11.6 Å². The maximum Gasteiger partial charge on any atom is 0.242 e. The first-order valence-corrected chi connectivity index (χ1v) is 7.49. The third-order valence-electron chi connectivity index (χ3n) is 3.65. The first kappa shape index (κ1) is 14.7. The average molecular weight is 276 g/mol. The topological polar surface area (TPSA) is 50.4 Å². The molecule has 0 spiro atoms. The van der Waals surface area contributed by atoms with Crippen molar-refractivity contribution in [3.8, 4) is 5.75 Å². The summed E-state index contributed by atoms with van der Waals surface area (Å²) in [4.78, 5) is 12.2. The molecule has 1 fully saturated rings. The van der Waals surface area contributed by atoms with Gasteiger partial charge in [-0.05, 0) is 38.8 Å². The molecule has 1 atom stereocenters. The Morgan fingerprint density at radius 2 is 2.05 bits per heavy atom. The molecule has 1 aliphatic rings. The lowest BCUT2D eigenvalue weighted by molar-refractivity contribution is -0.122.